The Morgan fingerprint density at radius 3 is 2.41 bits per heavy atom. The Morgan fingerprint density at radius 2 is 1.78 bits per heavy atom. The Kier molecular flexibility index (Phi) is 5.13. The Labute approximate surface area is 160 Å². The van der Waals surface area contributed by atoms with Gasteiger partial charge in [-0.05, 0) is 44.9 Å². The van der Waals surface area contributed by atoms with Crippen LogP contribution >= 0.6 is 0 Å². The molecule has 0 aromatic heterocycles. The second kappa shape index (κ2) is 7.21. The molecule has 0 aliphatic carbocycles. The number of nitrogens with zero attached hydrogens (tertiary/aromatic N) is 2. The van der Waals surface area contributed by atoms with E-state index in [0.717, 1.165) is 16.8 Å². The number of urea groups is 1. The topological polar surface area (TPSA) is 81.8 Å². The first-order chi connectivity index (χ1) is 12.7. The number of hydrogen-bond donors (Lipinski definition) is 2. The molecule has 2 aliphatic heterocycles. The van der Waals surface area contributed by atoms with Crippen LogP contribution in [0.4, 0.5) is 10.5 Å². The van der Waals surface area contributed by atoms with E-state index in [1.165, 1.54) is 0 Å². The summed E-state index contributed by atoms with van der Waals surface area (Å²) in [5.41, 5.74) is 2.09. The van der Waals surface area contributed by atoms with Crippen LogP contribution in [0.5, 0.6) is 0 Å². The van der Waals surface area contributed by atoms with Crippen molar-refractivity contribution < 1.29 is 14.4 Å². The molecule has 4 amide bonds. The summed E-state index contributed by atoms with van der Waals surface area (Å²) in [5.74, 6) is 0.0331. The highest BCUT2D eigenvalue weighted by Crippen LogP contribution is 2.37. The van der Waals surface area contributed by atoms with Gasteiger partial charge in [0.05, 0.1) is 11.8 Å². The zero-order chi connectivity index (χ0) is 19.8. The second-order valence-corrected chi connectivity index (χ2v) is 8.11. The van der Waals surface area contributed by atoms with Crippen molar-refractivity contribution in [3.05, 3.63) is 29.3 Å². The van der Waals surface area contributed by atoms with E-state index in [0.29, 0.717) is 32.6 Å². The number of hydrogen-bond acceptors (Lipinski definition) is 3. The molecule has 0 unspecified atom stereocenters. The molecule has 0 bridgehead atoms. The van der Waals surface area contributed by atoms with Crippen LogP contribution in [-0.4, -0.2) is 59.9 Å². The maximum atomic E-state index is 12.7. The summed E-state index contributed by atoms with van der Waals surface area (Å²) in [7, 11) is 0. The highest BCUT2D eigenvalue weighted by Gasteiger charge is 2.38. The lowest BCUT2D eigenvalue weighted by molar-refractivity contribution is -0.131. The largest absolute Gasteiger partial charge is 0.339 e. The summed E-state index contributed by atoms with van der Waals surface area (Å²) in [4.78, 5) is 40.3. The summed E-state index contributed by atoms with van der Waals surface area (Å²) in [5, 5.41) is 5.76. The first-order valence-corrected chi connectivity index (χ1v) is 9.46. The molecule has 1 aromatic rings. The first-order valence-electron chi connectivity index (χ1n) is 9.46. The highest BCUT2D eigenvalue weighted by atomic mass is 16.2. The normalized spacial score (nSPS) is 18.3. The van der Waals surface area contributed by atoms with E-state index in [-0.39, 0.29) is 23.9 Å². The maximum absolute atomic E-state index is 12.7. The molecule has 3 rings (SSSR count). The fourth-order valence-corrected chi connectivity index (χ4v) is 3.51. The van der Waals surface area contributed by atoms with Crippen molar-refractivity contribution in [1.82, 2.24) is 15.1 Å². The van der Waals surface area contributed by atoms with Crippen LogP contribution in [0.3, 0.4) is 0 Å². The molecule has 27 heavy (non-hydrogen) atoms. The molecule has 0 saturated carbocycles. The quantitative estimate of drug-likeness (QED) is 0.848. The number of nitrogens with one attached hydrogen (secondary N) is 2. The van der Waals surface area contributed by atoms with Crippen LogP contribution in [0.1, 0.15) is 38.8 Å². The molecule has 7 nitrogen and oxygen atoms in total. The van der Waals surface area contributed by atoms with E-state index < -0.39 is 5.41 Å². The van der Waals surface area contributed by atoms with Crippen molar-refractivity contribution in [3.8, 4) is 0 Å². The van der Waals surface area contributed by atoms with Gasteiger partial charge >= 0.3 is 6.03 Å². The highest BCUT2D eigenvalue weighted by molar-refractivity contribution is 6.05. The fourth-order valence-electron chi connectivity index (χ4n) is 3.51. The lowest BCUT2D eigenvalue weighted by Crippen LogP contribution is -2.54. The fraction of sp³-hybridized carbons (Fsp3) is 0.550. The SMILES string of the molecule is CC(C)NC(=O)N1CCN(C(=O)Cc2ccc3c(c2)C(C)(C)C(=O)N3)CC1. The van der Waals surface area contributed by atoms with Gasteiger partial charge < -0.3 is 20.4 Å². The van der Waals surface area contributed by atoms with Gasteiger partial charge in [0.2, 0.25) is 11.8 Å². The minimum atomic E-state index is -0.580. The van der Waals surface area contributed by atoms with Crippen molar-refractivity contribution >= 4 is 23.5 Å². The average Bonchev–Trinajstić information content (AvgIpc) is 2.84. The number of carbonyl (C=O) groups excluding carboxylic acids is 3. The van der Waals surface area contributed by atoms with Crippen molar-refractivity contribution in [2.24, 2.45) is 0 Å². The smallest absolute Gasteiger partial charge is 0.317 e. The first kappa shape index (κ1) is 19.2. The monoisotopic (exact) mass is 372 g/mol. The van der Waals surface area contributed by atoms with Crippen LogP contribution in [0.2, 0.25) is 0 Å². The van der Waals surface area contributed by atoms with Gasteiger partial charge in [-0.3, -0.25) is 9.59 Å². The average molecular weight is 372 g/mol. The van der Waals surface area contributed by atoms with Crippen molar-refractivity contribution in [3.63, 3.8) is 0 Å². The van der Waals surface area contributed by atoms with Crippen LogP contribution in [0, 0.1) is 0 Å². The summed E-state index contributed by atoms with van der Waals surface area (Å²) >= 11 is 0. The van der Waals surface area contributed by atoms with E-state index >= 15 is 0 Å². The lowest BCUT2D eigenvalue weighted by atomic mass is 9.85. The molecular weight excluding hydrogens is 344 g/mol. The summed E-state index contributed by atoms with van der Waals surface area (Å²) in [6.07, 6.45) is 0.301. The number of amides is 4. The Hall–Kier alpha value is -2.57. The molecule has 7 heteroatoms. The maximum Gasteiger partial charge on any atom is 0.317 e. The molecule has 0 spiro atoms. The van der Waals surface area contributed by atoms with E-state index in [4.69, 9.17) is 0 Å². The third-order valence-corrected chi connectivity index (χ3v) is 5.26. The summed E-state index contributed by atoms with van der Waals surface area (Å²) in [6, 6.07) is 5.75. The van der Waals surface area contributed by atoms with Crippen molar-refractivity contribution in [2.45, 2.75) is 45.6 Å². The minimum absolute atomic E-state index is 0.0169. The van der Waals surface area contributed by atoms with E-state index in [2.05, 4.69) is 10.6 Å². The van der Waals surface area contributed by atoms with Gasteiger partial charge in [-0.2, -0.15) is 0 Å². The van der Waals surface area contributed by atoms with Crippen LogP contribution in [-0.2, 0) is 21.4 Å². The van der Waals surface area contributed by atoms with E-state index in [1.807, 2.05) is 45.9 Å². The number of benzene rings is 1. The van der Waals surface area contributed by atoms with Gasteiger partial charge in [0, 0.05) is 37.9 Å². The van der Waals surface area contributed by atoms with Crippen LogP contribution < -0.4 is 10.6 Å². The molecule has 1 aromatic carbocycles. The van der Waals surface area contributed by atoms with E-state index in [1.54, 1.807) is 9.80 Å². The molecule has 0 radical (unpaired) electrons. The molecule has 2 N–H and O–H groups in total. The van der Waals surface area contributed by atoms with Crippen molar-refractivity contribution in [2.75, 3.05) is 31.5 Å². The van der Waals surface area contributed by atoms with Gasteiger partial charge in [0.1, 0.15) is 0 Å². The number of fused-ring (bicyclic) bond motifs is 1. The van der Waals surface area contributed by atoms with Gasteiger partial charge in [-0.25, -0.2) is 4.79 Å². The van der Waals surface area contributed by atoms with Crippen LogP contribution in [0.25, 0.3) is 0 Å². The minimum Gasteiger partial charge on any atom is -0.339 e. The number of piperazine rings is 1. The zero-order valence-electron chi connectivity index (χ0n) is 16.5. The van der Waals surface area contributed by atoms with Gasteiger partial charge in [0.15, 0.2) is 0 Å². The Balaban J connectivity index is 1.59. The molecule has 146 valence electrons. The zero-order valence-corrected chi connectivity index (χ0v) is 16.5. The summed E-state index contributed by atoms with van der Waals surface area (Å²) in [6.45, 7) is 9.81. The molecule has 0 atom stereocenters. The molecule has 2 aliphatic rings. The van der Waals surface area contributed by atoms with Gasteiger partial charge in [-0.15, -0.1) is 0 Å². The molecule has 2 heterocycles. The third-order valence-electron chi connectivity index (χ3n) is 5.26. The predicted octanol–water partition coefficient (Wildman–Crippen LogP) is 1.72. The van der Waals surface area contributed by atoms with Gasteiger partial charge in [0.25, 0.3) is 0 Å². The molecule has 1 fully saturated rings. The number of carbonyl (C=O) groups is 3. The number of anilines is 1. The summed E-state index contributed by atoms with van der Waals surface area (Å²) < 4.78 is 0. The molecule has 1 saturated heterocycles. The van der Waals surface area contributed by atoms with E-state index in [9.17, 15) is 14.4 Å². The number of rotatable bonds is 3. The van der Waals surface area contributed by atoms with Gasteiger partial charge in [-0.1, -0.05) is 12.1 Å². The second-order valence-electron chi connectivity index (χ2n) is 8.11. The predicted molar refractivity (Wildman–Crippen MR) is 104 cm³/mol. The Morgan fingerprint density at radius 1 is 1.15 bits per heavy atom. The Bertz CT molecular complexity index is 764. The standard InChI is InChI=1S/C20H28N4O3/c1-13(2)21-19(27)24-9-7-23(8-10-24)17(25)12-14-5-6-16-15(11-14)20(3,4)18(26)22-16/h5-6,11,13H,7-10,12H2,1-4H3,(H,21,27)(H,22,26). The van der Waals surface area contributed by atoms with Crippen molar-refractivity contribution in [1.29, 1.82) is 0 Å². The third kappa shape index (κ3) is 3.91. The lowest BCUT2D eigenvalue weighted by Gasteiger charge is -2.35. The molecular formula is C20H28N4O3. The van der Waals surface area contributed by atoms with Crippen LogP contribution in [0.15, 0.2) is 18.2 Å².